The summed E-state index contributed by atoms with van der Waals surface area (Å²) < 4.78 is 52.0. The van der Waals surface area contributed by atoms with Crippen molar-refractivity contribution in [1.82, 2.24) is 14.3 Å². The van der Waals surface area contributed by atoms with Crippen LogP contribution in [0.1, 0.15) is 28.5 Å². The van der Waals surface area contributed by atoms with Gasteiger partial charge in [0.25, 0.3) is 0 Å². The Hall–Kier alpha value is -4.08. The monoisotopic (exact) mass is 485 g/mol. The zero-order valence-corrected chi connectivity index (χ0v) is 19.4. The molecule has 10 heteroatoms. The molecule has 0 radical (unpaired) electrons. The molecular formula is C25H22F3N3O4. The highest BCUT2D eigenvalue weighted by Crippen LogP contribution is 2.35. The van der Waals surface area contributed by atoms with Crippen molar-refractivity contribution in [2.75, 3.05) is 13.7 Å². The van der Waals surface area contributed by atoms with E-state index in [0.29, 0.717) is 33.3 Å². The topological polar surface area (TPSA) is 75.3 Å². The van der Waals surface area contributed by atoms with Crippen LogP contribution < -0.4 is 0 Å². The molecule has 182 valence electrons. The lowest BCUT2D eigenvalue weighted by atomic mass is 10.0. The van der Waals surface area contributed by atoms with Crippen LogP contribution in [0.3, 0.4) is 0 Å². The molecule has 4 aromatic rings. The molecule has 0 amide bonds. The number of carbonyl (C=O) groups is 2. The van der Waals surface area contributed by atoms with Crippen LogP contribution in [0.4, 0.5) is 18.0 Å². The largest absolute Gasteiger partial charge is 0.465 e. The van der Waals surface area contributed by atoms with E-state index in [1.165, 1.54) is 23.4 Å². The van der Waals surface area contributed by atoms with E-state index in [1.54, 1.807) is 56.3 Å². The number of fused-ring (bicyclic) bond motifs is 1. The van der Waals surface area contributed by atoms with Crippen molar-refractivity contribution in [3.05, 3.63) is 65.4 Å². The predicted octanol–water partition coefficient (Wildman–Crippen LogP) is 5.83. The van der Waals surface area contributed by atoms with Gasteiger partial charge in [-0.25, -0.2) is 14.2 Å². The van der Waals surface area contributed by atoms with Crippen molar-refractivity contribution in [2.45, 2.75) is 20.0 Å². The third-order valence-electron chi connectivity index (χ3n) is 5.64. The van der Waals surface area contributed by atoms with Crippen LogP contribution in [0.2, 0.25) is 0 Å². The van der Waals surface area contributed by atoms with Gasteiger partial charge in [-0.2, -0.15) is 18.3 Å². The van der Waals surface area contributed by atoms with E-state index in [-0.39, 0.29) is 12.3 Å². The van der Waals surface area contributed by atoms with Crippen LogP contribution in [0.15, 0.2) is 48.5 Å². The SMILES string of the molecule is CCOC(=O)n1c(-c2ccc(C(=O)OC)cc2C)cc2cc(-c3cc(C(F)(F)F)nn3C)ccc21. The lowest BCUT2D eigenvalue weighted by Gasteiger charge is -2.12. The van der Waals surface area contributed by atoms with Gasteiger partial charge in [0.05, 0.1) is 36.2 Å². The average Bonchev–Trinajstić information content (AvgIpc) is 3.38. The molecular weight excluding hydrogens is 463 g/mol. The summed E-state index contributed by atoms with van der Waals surface area (Å²) in [4.78, 5) is 24.8. The summed E-state index contributed by atoms with van der Waals surface area (Å²) in [6.45, 7) is 3.65. The smallest absolute Gasteiger partial charge is 0.435 e. The van der Waals surface area contributed by atoms with Gasteiger partial charge in [0.15, 0.2) is 5.69 Å². The van der Waals surface area contributed by atoms with Crippen LogP contribution in [0, 0.1) is 6.92 Å². The minimum absolute atomic E-state index is 0.158. The Morgan fingerprint density at radius 2 is 1.77 bits per heavy atom. The number of halogens is 3. The van der Waals surface area contributed by atoms with E-state index in [0.717, 1.165) is 11.6 Å². The summed E-state index contributed by atoms with van der Waals surface area (Å²) >= 11 is 0. The lowest BCUT2D eigenvalue weighted by Crippen LogP contribution is -2.14. The summed E-state index contributed by atoms with van der Waals surface area (Å²) in [6.07, 6.45) is -5.16. The molecule has 7 nitrogen and oxygen atoms in total. The van der Waals surface area contributed by atoms with Crippen LogP contribution in [0.5, 0.6) is 0 Å². The number of alkyl halides is 3. The minimum atomic E-state index is -4.56. The van der Waals surface area contributed by atoms with E-state index in [4.69, 9.17) is 9.47 Å². The fraction of sp³-hybridized carbons (Fsp3) is 0.240. The van der Waals surface area contributed by atoms with E-state index >= 15 is 0 Å². The number of benzene rings is 2. The molecule has 0 bridgehead atoms. The van der Waals surface area contributed by atoms with Crippen LogP contribution in [-0.2, 0) is 22.7 Å². The molecule has 4 rings (SSSR count). The van der Waals surface area contributed by atoms with Crippen molar-refractivity contribution >= 4 is 23.0 Å². The first-order chi connectivity index (χ1) is 16.5. The number of rotatable bonds is 4. The molecule has 0 aliphatic rings. The molecule has 35 heavy (non-hydrogen) atoms. The van der Waals surface area contributed by atoms with Gasteiger partial charge in [0, 0.05) is 23.6 Å². The molecule has 0 saturated heterocycles. The molecule has 0 unspecified atom stereocenters. The van der Waals surface area contributed by atoms with Crippen LogP contribution >= 0.6 is 0 Å². The number of aromatic nitrogens is 3. The van der Waals surface area contributed by atoms with Gasteiger partial charge in [-0.05, 0) is 55.8 Å². The normalized spacial score (nSPS) is 11.6. The maximum atomic E-state index is 13.1. The average molecular weight is 485 g/mol. The summed E-state index contributed by atoms with van der Waals surface area (Å²) in [6, 6.07) is 12.7. The molecule has 0 aliphatic heterocycles. The number of esters is 1. The number of ether oxygens (including phenoxy) is 2. The maximum Gasteiger partial charge on any atom is 0.435 e. The second kappa shape index (κ2) is 8.94. The van der Waals surface area contributed by atoms with Crippen molar-refractivity contribution in [2.24, 2.45) is 7.05 Å². The molecule has 0 spiro atoms. The molecule has 0 atom stereocenters. The van der Waals surface area contributed by atoms with Crippen LogP contribution in [-0.4, -0.2) is 40.1 Å². The zero-order chi connectivity index (χ0) is 25.5. The van der Waals surface area contributed by atoms with Crippen LogP contribution in [0.25, 0.3) is 33.4 Å². The van der Waals surface area contributed by atoms with Gasteiger partial charge in [-0.15, -0.1) is 0 Å². The number of hydrogen-bond acceptors (Lipinski definition) is 5. The molecule has 0 fully saturated rings. The second-order valence-corrected chi connectivity index (χ2v) is 7.89. The van der Waals surface area contributed by atoms with Gasteiger partial charge < -0.3 is 9.47 Å². The number of aryl methyl sites for hydroxylation is 2. The Kier molecular flexibility index (Phi) is 6.14. The molecule has 0 saturated carbocycles. The van der Waals surface area contributed by atoms with E-state index in [2.05, 4.69) is 5.10 Å². The molecule has 2 aromatic heterocycles. The maximum absolute atomic E-state index is 13.1. The zero-order valence-electron chi connectivity index (χ0n) is 19.4. The third kappa shape index (κ3) is 4.39. The highest BCUT2D eigenvalue weighted by Gasteiger charge is 2.34. The van der Waals surface area contributed by atoms with Crippen molar-refractivity contribution in [3.8, 4) is 22.5 Å². The highest BCUT2D eigenvalue weighted by molar-refractivity contribution is 5.98. The fourth-order valence-corrected chi connectivity index (χ4v) is 4.03. The first-order valence-electron chi connectivity index (χ1n) is 10.7. The van der Waals surface area contributed by atoms with Crippen molar-refractivity contribution in [3.63, 3.8) is 0 Å². The highest BCUT2D eigenvalue weighted by atomic mass is 19.4. The van der Waals surface area contributed by atoms with Gasteiger partial charge in [-0.3, -0.25) is 4.68 Å². The molecule has 2 heterocycles. The predicted molar refractivity (Wildman–Crippen MR) is 123 cm³/mol. The van der Waals surface area contributed by atoms with Gasteiger partial charge in [-0.1, -0.05) is 12.1 Å². The van der Waals surface area contributed by atoms with E-state index in [1.807, 2.05) is 0 Å². The number of carbonyl (C=O) groups excluding carboxylic acids is 2. The number of nitrogens with zero attached hydrogens (tertiary/aromatic N) is 3. The van der Waals surface area contributed by atoms with Crippen molar-refractivity contribution < 1.29 is 32.2 Å². The minimum Gasteiger partial charge on any atom is -0.465 e. The summed E-state index contributed by atoms with van der Waals surface area (Å²) in [7, 11) is 2.73. The Bertz CT molecular complexity index is 1450. The second-order valence-electron chi connectivity index (χ2n) is 7.89. The fourth-order valence-electron chi connectivity index (χ4n) is 4.03. The van der Waals surface area contributed by atoms with Crippen molar-refractivity contribution in [1.29, 1.82) is 0 Å². The standard InChI is InChI=1S/C25H22F3N3O4/c1-5-35-24(33)31-19-9-7-15(20-13-22(25(26,27)28)29-30(20)3)11-17(19)12-21(31)18-8-6-16(10-14(18)2)23(32)34-4/h6-13H,5H2,1-4H3. The summed E-state index contributed by atoms with van der Waals surface area (Å²) in [5, 5.41) is 4.20. The molecule has 0 N–H and O–H groups in total. The molecule has 2 aromatic carbocycles. The Balaban J connectivity index is 1.89. The quantitative estimate of drug-likeness (QED) is 0.340. The number of hydrogen-bond donors (Lipinski definition) is 0. The first-order valence-corrected chi connectivity index (χ1v) is 10.7. The van der Waals surface area contributed by atoms with E-state index in [9.17, 15) is 22.8 Å². The Labute approximate surface area is 198 Å². The van der Waals surface area contributed by atoms with Gasteiger partial charge in [0.2, 0.25) is 0 Å². The Morgan fingerprint density at radius 3 is 2.37 bits per heavy atom. The third-order valence-corrected chi connectivity index (χ3v) is 5.64. The lowest BCUT2D eigenvalue weighted by molar-refractivity contribution is -0.141. The van der Waals surface area contributed by atoms with Gasteiger partial charge in [0.1, 0.15) is 0 Å². The number of methoxy groups -OCH3 is 1. The summed E-state index contributed by atoms with van der Waals surface area (Å²) in [5.41, 5.74) is 2.62. The first kappa shape index (κ1) is 24.1. The molecule has 0 aliphatic carbocycles. The Morgan fingerprint density at radius 1 is 1.03 bits per heavy atom. The van der Waals surface area contributed by atoms with Gasteiger partial charge >= 0.3 is 18.2 Å². The van der Waals surface area contributed by atoms with E-state index < -0.39 is 23.9 Å². The summed E-state index contributed by atoms with van der Waals surface area (Å²) in [5.74, 6) is -0.482.